The van der Waals surface area contributed by atoms with Gasteiger partial charge in [-0.2, -0.15) is 0 Å². The molecule has 0 N–H and O–H groups in total. The number of thiophene rings is 1. The highest BCUT2D eigenvalue weighted by Gasteiger charge is 2.23. The van der Waals surface area contributed by atoms with Crippen LogP contribution in [0.15, 0.2) is 182 Å². The van der Waals surface area contributed by atoms with Crippen molar-refractivity contribution in [1.82, 2.24) is 19.1 Å². The molecule has 0 bridgehead atoms. The summed E-state index contributed by atoms with van der Waals surface area (Å²) in [7, 11) is 0. The number of benzene rings is 9. The first-order valence-corrected chi connectivity index (χ1v) is 20.1. The first kappa shape index (κ1) is 30.9. The van der Waals surface area contributed by atoms with Gasteiger partial charge >= 0.3 is 0 Å². The van der Waals surface area contributed by atoms with Gasteiger partial charge in [0.25, 0.3) is 0 Å². The van der Waals surface area contributed by atoms with Crippen molar-refractivity contribution in [3.63, 3.8) is 0 Å². The van der Waals surface area contributed by atoms with Crippen LogP contribution in [0.25, 0.3) is 119 Å². The molecule has 0 aliphatic heterocycles. The van der Waals surface area contributed by atoms with Gasteiger partial charge in [0, 0.05) is 58.4 Å². The average molecular weight is 743 g/mol. The van der Waals surface area contributed by atoms with E-state index in [1.165, 1.54) is 74.3 Å². The summed E-state index contributed by atoms with van der Waals surface area (Å²) in [6, 6.07) is 65.9. The molecule has 9 aromatic carbocycles. The van der Waals surface area contributed by atoms with E-state index in [2.05, 4.69) is 179 Å². The summed E-state index contributed by atoms with van der Waals surface area (Å²) >= 11 is 1.83. The van der Waals surface area contributed by atoms with Gasteiger partial charge in [0.15, 0.2) is 5.82 Å². The minimum atomic E-state index is 0.813. The molecule has 0 aliphatic carbocycles. The van der Waals surface area contributed by atoms with Gasteiger partial charge in [-0.25, -0.2) is 9.97 Å². The van der Waals surface area contributed by atoms with Crippen molar-refractivity contribution >= 4 is 108 Å². The van der Waals surface area contributed by atoms with Crippen LogP contribution in [0.4, 0.5) is 0 Å². The molecule has 0 saturated heterocycles. The summed E-state index contributed by atoms with van der Waals surface area (Å²) in [5.74, 6) is 0.813. The van der Waals surface area contributed by atoms with Crippen LogP contribution in [0.1, 0.15) is 0 Å². The van der Waals surface area contributed by atoms with Crippen molar-refractivity contribution < 1.29 is 0 Å². The van der Waals surface area contributed by atoms with Gasteiger partial charge in [-0.15, -0.1) is 11.3 Å². The molecule has 0 aliphatic rings. The van der Waals surface area contributed by atoms with Crippen molar-refractivity contribution in [1.29, 1.82) is 0 Å². The van der Waals surface area contributed by atoms with Gasteiger partial charge in [-0.05, 0) is 70.8 Å². The van der Waals surface area contributed by atoms with Crippen LogP contribution in [0.2, 0.25) is 0 Å². The lowest BCUT2D eigenvalue weighted by Gasteiger charge is -2.15. The van der Waals surface area contributed by atoms with Gasteiger partial charge in [0.2, 0.25) is 0 Å². The maximum atomic E-state index is 5.53. The van der Waals surface area contributed by atoms with Crippen molar-refractivity contribution in [2.45, 2.75) is 0 Å². The third kappa shape index (κ3) is 4.37. The largest absolute Gasteiger partial charge is 0.309 e. The summed E-state index contributed by atoms with van der Waals surface area (Å²) in [6.07, 6.45) is 0. The van der Waals surface area contributed by atoms with Crippen molar-refractivity contribution in [2.24, 2.45) is 0 Å². The second-order valence-electron chi connectivity index (χ2n) is 14.9. The first-order chi connectivity index (χ1) is 28.3. The number of hydrogen-bond donors (Lipinski definition) is 0. The Balaban J connectivity index is 1.18. The topological polar surface area (TPSA) is 35.6 Å². The summed E-state index contributed by atoms with van der Waals surface area (Å²) in [4.78, 5) is 11.0. The van der Waals surface area contributed by atoms with E-state index in [0.717, 1.165) is 44.8 Å². The molecule has 5 heteroatoms. The summed E-state index contributed by atoms with van der Waals surface area (Å²) in [6.45, 7) is 0. The Kier molecular flexibility index (Phi) is 6.29. The lowest BCUT2D eigenvalue weighted by molar-refractivity contribution is 1.08. The van der Waals surface area contributed by atoms with E-state index in [4.69, 9.17) is 9.97 Å². The first-order valence-electron chi connectivity index (χ1n) is 19.3. The minimum absolute atomic E-state index is 0.813. The molecule has 0 radical (unpaired) electrons. The van der Waals surface area contributed by atoms with Crippen LogP contribution >= 0.6 is 11.3 Å². The van der Waals surface area contributed by atoms with Gasteiger partial charge < -0.3 is 4.57 Å². The van der Waals surface area contributed by atoms with Crippen LogP contribution in [0.5, 0.6) is 0 Å². The quantitative estimate of drug-likeness (QED) is 0.181. The van der Waals surface area contributed by atoms with Crippen LogP contribution in [-0.4, -0.2) is 19.1 Å². The van der Waals surface area contributed by atoms with Crippen molar-refractivity contribution in [3.05, 3.63) is 182 Å². The third-order valence-electron chi connectivity index (χ3n) is 11.9. The van der Waals surface area contributed by atoms with E-state index in [1.807, 2.05) is 23.5 Å². The standard InChI is InChI=1S/C52H30N4S/c1-3-13-35-31(11-1)22-27-45-49(35)40-26-24-34(55-44-19-9-5-15-37(44)39-25-21-32-12-2-4-14-36(32)51(39)55)30-46(40)56(45)52-50(53-42-17-7-8-18-43(42)54-52)33-23-28-48-41(29-33)38-16-6-10-20-47(38)57-48/h1-30H. The van der Waals surface area contributed by atoms with Gasteiger partial charge in [0.1, 0.15) is 5.69 Å². The fourth-order valence-electron chi connectivity index (χ4n) is 9.35. The van der Waals surface area contributed by atoms with Crippen LogP contribution in [-0.2, 0) is 0 Å². The number of fused-ring (bicyclic) bond motifs is 14. The lowest BCUT2D eigenvalue weighted by Crippen LogP contribution is -2.04. The molecule has 0 spiro atoms. The Hall–Kier alpha value is -7.34. The number of para-hydroxylation sites is 3. The van der Waals surface area contributed by atoms with E-state index >= 15 is 0 Å². The van der Waals surface area contributed by atoms with Crippen LogP contribution < -0.4 is 0 Å². The van der Waals surface area contributed by atoms with Crippen LogP contribution in [0.3, 0.4) is 0 Å². The highest BCUT2D eigenvalue weighted by Crippen LogP contribution is 2.43. The zero-order valence-electron chi connectivity index (χ0n) is 30.5. The monoisotopic (exact) mass is 742 g/mol. The minimum Gasteiger partial charge on any atom is -0.309 e. The molecular formula is C52H30N4S. The summed E-state index contributed by atoms with van der Waals surface area (Å²) in [5, 5.41) is 12.3. The molecule has 0 fully saturated rings. The number of hydrogen-bond acceptors (Lipinski definition) is 3. The molecule has 57 heavy (non-hydrogen) atoms. The molecule has 0 saturated carbocycles. The van der Waals surface area contributed by atoms with Crippen molar-refractivity contribution in [3.8, 4) is 22.8 Å². The average Bonchev–Trinajstić information content (AvgIpc) is 3.93. The Bertz CT molecular complexity index is 3830. The molecule has 264 valence electrons. The Labute approximate surface area is 330 Å². The normalized spacial score (nSPS) is 12.2. The summed E-state index contributed by atoms with van der Waals surface area (Å²) < 4.78 is 7.38. The zero-order chi connectivity index (χ0) is 37.2. The zero-order valence-corrected chi connectivity index (χ0v) is 31.3. The molecule has 4 aromatic heterocycles. The fraction of sp³-hybridized carbons (Fsp3) is 0. The number of nitrogens with zero attached hydrogens (tertiary/aromatic N) is 4. The molecule has 13 aromatic rings. The van der Waals surface area contributed by atoms with Crippen molar-refractivity contribution in [2.75, 3.05) is 0 Å². The molecule has 13 rings (SSSR count). The van der Waals surface area contributed by atoms with Gasteiger partial charge in [-0.1, -0.05) is 127 Å². The van der Waals surface area contributed by atoms with E-state index in [9.17, 15) is 0 Å². The number of aromatic nitrogens is 4. The molecule has 0 unspecified atom stereocenters. The van der Waals surface area contributed by atoms with E-state index in [1.54, 1.807) is 0 Å². The maximum Gasteiger partial charge on any atom is 0.165 e. The number of rotatable bonds is 3. The van der Waals surface area contributed by atoms with Crippen LogP contribution in [0, 0.1) is 0 Å². The molecule has 0 amide bonds. The Morgan fingerprint density at radius 1 is 0.386 bits per heavy atom. The van der Waals surface area contributed by atoms with Gasteiger partial charge in [0.05, 0.1) is 33.1 Å². The molecular weight excluding hydrogens is 713 g/mol. The smallest absolute Gasteiger partial charge is 0.165 e. The van der Waals surface area contributed by atoms with E-state index in [0.29, 0.717) is 0 Å². The summed E-state index contributed by atoms with van der Waals surface area (Å²) in [5.41, 5.74) is 9.29. The highest BCUT2D eigenvalue weighted by molar-refractivity contribution is 7.25. The predicted octanol–water partition coefficient (Wildman–Crippen LogP) is 14.2. The SMILES string of the molecule is c1ccc2c(c1)ccc1c2c2ccc(-n3c4ccccc4c4ccc5ccccc5c43)cc2n1-c1nc2ccccc2nc1-c1ccc2sc3ccccc3c2c1. The maximum absolute atomic E-state index is 5.53. The van der Waals surface area contributed by atoms with E-state index in [-0.39, 0.29) is 0 Å². The lowest BCUT2D eigenvalue weighted by atomic mass is 10.0. The molecule has 4 nitrogen and oxygen atoms in total. The second kappa shape index (κ2) is 11.6. The predicted molar refractivity (Wildman–Crippen MR) is 242 cm³/mol. The fourth-order valence-corrected chi connectivity index (χ4v) is 10.4. The highest BCUT2D eigenvalue weighted by atomic mass is 32.1. The van der Waals surface area contributed by atoms with E-state index < -0.39 is 0 Å². The Morgan fingerprint density at radius 2 is 1.05 bits per heavy atom. The second-order valence-corrected chi connectivity index (χ2v) is 16.0. The molecule has 4 heterocycles. The Morgan fingerprint density at radius 3 is 1.93 bits per heavy atom. The molecule has 0 atom stereocenters. The van der Waals surface area contributed by atoms with Gasteiger partial charge in [-0.3, -0.25) is 4.57 Å². The third-order valence-corrected chi connectivity index (χ3v) is 13.0.